The van der Waals surface area contributed by atoms with Crippen molar-refractivity contribution in [3.05, 3.63) is 77.9 Å². The summed E-state index contributed by atoms with van der Waals surface area (Å²) in [5.74, 6) is 2.40. The first kappa shape index (κ1) is 24.8. The highest BCUT2D eigenvalue weighted by Crippen LogP contribution is 2.64. The summed E-state index contributed by atoms with van der Waals surface area (Å²) < 4.78 is 10.6. The lowest BCUT2D eigenvalue weighted by molar-refractivity contribution is 0.0697. The molecule has 4 aliphatic carbocycles. The molecular weight excluding hydrogens is 476 g/mol. The van der Waals surface area contributed by atoms with Crippen LogP contribution in [0.25, 0.3) is 0 Å². The Balaban J connectivity index is 1.13. The molecule has 2 unspecified atom stereocenters. The SMILES string of the molecule is COCCOc1ccc(Nc2ccc(N(C)c3ccc(C45CC6CC(C4)C(C6)C5)cc3)cc2)c(C(=O)O)c1. The van der Waals surface area contributed by atoms with Crippen molar-refractivity contribution >= 4 is 28.7 Å². The van der Waals surface area contributed by atoms with Gasteiger partial charge in [0.25, 0.3) is 0 Å². The van der Waals surface area contributed by atoms with E-state index in [0.29, 0.717) is 30.1 Å². The number of carbonyl (C=O) groups is 1. The molecule has 3 aromatic carbocycles. The number of aromatic carboxylic acids is 1. The highest BCUT2D eigenvalue weighted by molar-refractivity contribution is 5.95. The fraction of sp³-hybridized carbons (Fsp3) is 0.406. The average molecular weight is 513 g/mol. The third-order valence-electron chi connectivity index (χ3n) is 9.10. The van der Waals surface area contributed by atoms with Crippen molar-refractivity contribution in [2.24, 2.45) is 17.8 Å². The van der Waals surface area contributed by atoms with Crippen LogP contribution < -0.4 is 15.0 Å². The van der Waals surface area contributed by atoms with Gasteiger partial charge < -0.3 is 24.8 Å². The van der Waals surface area contributed by atoms with Crippen LogP contribution in [0.3, 0.4) is 0 Å². The summed E-state index contributed by atoms with van der Waals surface area (Å²) in [6.07, 6.45) is 7.13. The van der Waals surface area contributed by atoms with Crippen LogP contribution in [0.4, 0.5) is 22.7 Å². The highest BCUT2D eigenvalue weighted by Gasteiger charge is 2.56. The summed E-state index contributed by atoms with van der Waals surface area (Å²) in [6.45, 7) is 0.803. The fourth-order valence-corrected chi connectivity index (χ4v) is 7.42. The van der Waals surface area contributed by atoms with Crippen LogP contribution >= 0.6 is 0 Å². The van der Waals surface area contributed by atoms with E-state index in [2.05, 4.69) is 41.5 Å². The molecule has 4 fully saturated rings. The molecule has 0 amide bonds. The molecular formula is C32H36N2O4. The zero-order chi connectivity index (χ0) is 26.3. The predicted octanol–water partition coefficient (Wildman–Crippen LogP) is 7.00. The van der Waals surface area contributed by atoms with Crippen LogP contribution in [0.1, 0.15) is 48.0 Å². The summed E-state index contributed by atoms with van der Waals surface area (Å²) in [7, 11) is 3.68. The van der Waals surface area contributed by atoms with E-state index < -0.39 is 5.97 Å². The van der Waals surface area contributed by atoms with Crippen LogP contribution in [0, 0.1) is 17.8 Å². The number of carboxylic acids is 1. The summed E-state index contributed by atoms with van der Waals surface area (Å²) >= 11 is 0. The van der Waals surface area contributed by atoms with Gasteiger partial charge in [-0.2, -0.15) is 0 Å². The van der Waals surface area contributed by atoms with Gasteiger partial charge in [-0.1, -0.05) is 12.1 Å². The lowest BCUT2D eigenvalue weighted by Gasteiger charge is -2.39. The number of ether oxygens (including phenoxy) is 2. The molecule has 6 heteroatoms. The van der Waals surface area contributed by atoms with E-state index in [9.17, 15) is 9.90 Å². The van der Waals surface area contributed by atoms with Gasteiger partial charge in [0.1, 0.15) is 12.4 Å². The third-order valence-corrected chi connectivity index (χ3v) is 9.10. The maximum absolute atomic E-state index is 11.9. The van der Waals surface area contributed by atoms with E-state index >= 15 is 0 Å². The quantitative estimate of drug-likeness (QED) is 0.285. The van der Waals surface area contributed by atoms with Crippen molar-refractivity contribution in [2.45, 2.75) is 37.5 Å². The van der Waals surface area contributed by atoms with Gasteiger partial charge in [-0.15, -0.1) is 0 Å². The summed E-state index contributed by atoms with van der Waals surface area (Å²) in [4.78, 5) is 14.0. The topological polar surface area (TPSA) is 71.0 Å². The van der Waals surface area contributed by atoms with Gasteiger partial charge in [0.2, 0.25) is 0 Å². The number of hydrogen-bond donors (Lipinski definition) is 2. The molecule has 4 bridgehead atoms. The van der Waals surface area contributed by atoms with Gasteiger partial charge in [-0.05, 0) is 115 Å². The van der Waals surface area contributed by atoms with E-state index in [1.54, 1.807) is 19.2 Å². The third kappa shape index (κ3) is 4.62. The van der Waals surface area contributed by atoms with Gasteiger partial charge in [-0.3, -0.25) is 0 Å². The van der Waals surface area contributed by atoms with E-state index in [-0.39, 0.29) is 5.56 Å². The molecule has 198 valence electrons. The van der Waals surface area contributed by atoms with Gasteiger partial charge in [0.05, 0.1) is 17.9 Å². The number of anilines is 4. The Morgan fingerprint density at radius 2 is 1.61 bits per heavy atom. The molecule has 38 heavy (non-hydrogen) atoms. The minimum Gasteiger partial charge on any atom is -0.491 e. The van der Waals surface area contributed by atoms with Crippen LogP contribution in [0.5, 0.6) is 5.75 Å². The zero-order valence-corrected chi connectivity index (χ0v) is 22.2. The Kier molecular flexibility index (Phi) is 6.52. The normalized spacial score (nSPS) is 24.9. The lowest BCUT2D eigenvalue weighted by atomic mass is 9.66. The molecule has 6 nitrogen and oxygen atoms in total. The molecule has 0 aliphatic heterocycles. The molecule has 4 saturated carbocycles. The van der Waals surface area contributed by atoms with Crippen molar-refractivity contribution in [3.63, 3.8) is 0 Å². The Labute approximate surface area is 224 Å². The zero-order valence-electron chi connectivity index (χ0n) is 22.2. The van der Waals surface area contributed by atoms with Crippen LogP contribution in [0.15, 0.2) is 66.7 Å². The van der Waals surface area contributed by atoms with E-state index in [1.165, 1.54) is 49.4 Å². The molecule has 0 heterocycles. The van der Waals surface area contributed by atoms with Crippen LogP contribution in [-0.4, -0.2) is 38.4 Å². The first-order valence-electron chi connectivity index (χ1n) is 13.6. The van der Waals surface area contributed by atoms with Gasteiger partial charge in [-0.25, -0.2) is 4.79 Å². The molecule has 2 atom stereocenters. The largest absolute Gasteiger partial charge is 0.491 e. The Bertz CT molecular complexity index is 1280. The fourth-order valence-electron chi connectivity index (χ4n) is 7.42. The highest BCUT2D eigenvalue weighted by atomic mass is 16.5. The molecule has 0 aromatic heterocycles. The summed E-state index contributed by atoms with van der Waals surface area (Å²) in [6, 6.07) is 22.3. The average Bonchev–Trinajstić information content (AvgIpc) is 3.36. The Hall–Kier alpha value is -3.51. The summed E-state index contributed by atoms with van der Waals surface area (Å²) in [5.41, 5.74) is 5.70. The standard InChI is InChI=1S/C32H36N2O4/c1-34(26-7-3-24(4-8-26)32-18-21-15-22(19-32)23(16-21)20-32)27-9-5-25(6-10-27)33-30-12-11-28(38-14-13-37-2)17-29(30)31(35)36/h3-12,17,21-23,33H,13-16,18-20H2,1-2H3,(H,35,36). The number of nitrogens with zero attached hydrogens (tertiary/aromatic N) is 1. The van der Waals surface area contributed by atoms with E-state index in [4.69, 9.17) is 9.47 Å². The molecule has 4 aliphatic rings. The number of rotatable bonds is 10. The second-order valence-electron chi connectivity index (χ2n) is 11.4. The van der Waals surface area contributed by atoms with Crippen molar-refractivity contribution in [2.75, 3.05) is 37.6 Å². The van der Waals surface area contributed by atoms with Crippen molar-refractivity contribution in [3.8, 4) is 5.75 Å². The van der Waals surface area contributed by atoms with Gasteiger partial charge in [0.15, 0.2) is 0 Å². The molecule has 3 aromatic rings. The Morgan fingerprint density at radius 1 is 0.947 bits per heavy atom. The molecule has 0 saturated heterocycles. The van der Waals surface area contributed by atoms with Gasteiger partial charge >= 0.3 is 5.97 Å². The molecule has 0 spiro atoms. The number of methoxy groups -OCH3 is 1. The van der Waals surface area contributed by atoms with Crippen LogP contribution in [0.2, 0.25) is 0 Å². The Morgan fingerprint density at radius 3 is 2.21 bits per heavy atom. The molecule has 2 N–H and O–H groups in total. The van der Waals surface area contributed by atoms with E-state index in [0.717, 1.165) is 29.1 Å². The number of hydrogen-bond acceptors (Lipinski definition) is 5. The summed E-state index contributed by atoms with van der Waals surface area (Å²) in [5, 5.41) is 12.9. The molecule has 0 radical (unpaired) electrons. The predicted molar refractivity (Wildman–Crippen MR) is 150 cm³/mol. The monoisotopic (exact) mass is 512 g/mol. The number of carboxylic acid groups (broad SMARTS) is 1. The number of nitrogens with one attached hydrogen (secondary N) is 1. The second kappa shape index (κ2) is 9.99. The maximum Gasteiger partial charge on any atom is 0.337 e. The first-order chi connectivity index (χ1) is 18.4. The lowest BCUT2D eigenvalue weighted by Crippen LogP contribution is -2.31. The maximum atomic E-state index is 11.9. The minimum absolute atomic E-state index is 0.157. The van der Waals surface area contributed by atoms with Crippen LogP contribution in [-0.2, 0) is 10.2 Å². The number of benzene rings is 3. The second-order valence-corrected chi connectivity index (χ2v) is 11.4. The smallest absolute Gasteiger partial charge is 0.337 e. The first-order valence-corrected chi connectivity index (χ1v) is 13.6. The van der Waals surface area contributed by atoms with Crippen molar-refractivity contribution in [1.29, 1.82) is 0 Å². The molecule has 7 rings (SSSR count). The van der Waals surface area contributed by atoms with Gasteiger partial charge in [0, 0.05) is 31.2 Å². The van der Waals surface area contributed by atoms with Crippen molar-refractivity contribution in [1.82, 2.24) is 0 Å². The van der Waals surface area contributed by atoms with Crippen molar-refractivity contribution < 1.29 is 19.4 Å². The minimum atomic E-state index is -1.01. The van der Waals surface area contributed by atoms with E-state index in [1.807, 2.05) is 24.3 Å².